The molecule has 0 aliphatic rings. The fraction of sp³-hybridized carbons (Fsp3) is 0.292. The van der Waals surface area contributed by atoms with Gasteiger partial charge in [-0.3, -0.25) is 9.36 Å². The van der Waals surface area contributed by atoms with Gasteiger partial charge in [-0.1, -0.05) is 36.0 Å². The van der Waals surface area contributed by atoms with Crippen molar-refractivity contribution in [2.24, 2.45) is 0 Å². The number of para-hydroxylation sites is 2. The second-order valence-electron chi connectivity index (χ2n) is 7.36. The number of thioether (sulfide) groups is 1. The van der Waals surface area contributed by atoms with Crippen molar-refractivity contribution in [3.05, 3.63) is 72.1 Å². The molecule has 32 heavy (non-hydrogen) atoms. The fourth-order valence-electron chi connectivity index (χ4n) is 3.34. The largest absolute Gasteiger partial charge is 0.493 e. The average Bonchev–Trinajstić information content (AvgIpc) is 3.15. The summed E-state index contributed by atoms with van der Waals surface area (Å²) in [6, 6.07) is 13.4. The van der Waals surface area contributed by atoms with Crippen molar-refractivity contribution in [2.75, 3.05) is 18.2 Å². The lowest BCUT2D eigenvalue weighted by Crippen LogP contribution is -2.16. The summed E-state index contributed by atoms with van der Waals surface area (Å²) in [5.41, 5.74) is 3.00. The molecule has 3 aromatic rings. The van der Waals surface area contributed by atoms with E-state index in [-0.39, 0.29) is 17.8 Å². The predicted octanol–water partition coefficient (Wildman–Crippen LogP) is 4.96. The summed E-state index contributed by atoms with van der Waals surface area (Å²) in [6.07, 6.45) is 1.39. The molecule has 1 aromatic heterocycles. The number of hydrogen-bond donors (Lipinski definition) is 1. The minimum Gasteiger partial charge on any atom is -0.493 e. The standard InChI is InChI=1S/C24H28N4O3S/c1-6-11-28-23(18(4)31-21-10-8-7-9-20(21)30-5)26-27-24(28)32-15-22(29)25-19-13-16(2)12-17(3)14-19/h6-10,12-14,18H,1,11,15H2,2-5H3,(H,25,29). The van der Waals surface area contributed by atoms with Crippen molar-refractivity contribution < 1.29 is 14.3 Å². The number of methoxy groups -OCH3 is 1. The number of nitrogens with one attached hydrogen (secondary N) is 1. The molecular weight excluding hydrogens is 424 g/mol. The molecule has 1 N–H and O–H groups in total. The Morgan fingerprint density at radius 2 is 1.88 bits per heavy atom. The number of nitrogens with zero attached hydrogens (tertiary/aromatic N) is 3. The van der Waals surface area contributed by atoms with E-state index in [4.69, 9.17) is 9.47 Å². The minimum atomic E-state index is -0.378. The molecule has 0 bridgehead atoms. The number of hydrogen-bond acceptors (Lipinski definition) is 6. The SMILES string of the molecule is C=CCn1c(SCC(=O)Nc2cc(C)cc(C)c2)nnc1C(C)Oc1ccccc1OC. The third-order valence-electron chi connectivity index (χ3n) is 4.63. The highest BCUT2D eigenvalue weighted by molar-refractivity contribution is 7.99. The van der Waals surface area contributed by atoms with Crippen LogP contribution in [0.25, 0.3) is 0 Å². The molecule has 1 atom stereocenters. The Balaban J connectivity index is 1.69. The van der Waals surface area contributed by atoms with Crippen molar-refractivity contribution in [2.45, 2.75) is 38.6 Å². The van der Waals surface area contributed by atoms with Gasteiger partial charge in [-0.05, 0) is 56.2 Å². The maximum absolute atomic E-state index is 12.5. The zero-order chi connectivity index (χ0) is 23.1. The molecule has 3 rings (SSSR count). The van der Waals surface area contributed by atoms with Crippen LogP contribution < -0.4 is 14.8 Å². The number of aromatic nitrogens is 3. The number of rotatable bonds is 10. The lowest BCUT2D eigenvalue weighted by Gasteiger charge is -2.17. The van der Waals surface area contributed by atoms with Gasteiger partial charge in [0.25, 0.3) is 0 Å². The first-order valence-electron chi connectivity index (χ1n) is 10.3. The van der Waals surface area contributed by atoms with E-state index >= 15 is 0 Å². The molecule has 8 heteroatoms. The van der Waals surface area contributed by atoms with E-state index in [1.807, 2.05) is 61.7 Å². The Hall–Kier alpha value is -3.26. The van der Waals surface area contributed by atoms with Gasteiger partial charge in [-0.2, -0.15) is 0 Å². The first kappa shape index (κ1) is 23.4. The van der Waals surface area contributed by atoms with E-state index in [0.717, 1.165) is 16.8 Å². The van der Waals surface area contributed by atoms with Gasteiger partial charge in [-0.25, -0.2) is 0 Å². The third kappa shape index (κ3) is 5.91. The summed E-state index contributed by atoms with van der Waals surface area (Å²) >= 11 is 1.32. The monoisotopic (exact) mass is 452 g/mol. The summed E-state index contributed by atoms with van der Waals surface area (Å²) in [5, 5.41) is 12.2. The Morgan fingerprint density at radius 3 is 2.53 bits per heavy atom. The maximum atomic E-state index is 12.5. The summed E-state index contributed by atoms with van der Waals surface area (Å²) in [6.45, 7) is 10.2. The number of ether oxygens (including phenoxy) is 2. The van der Waals surface area contributed by atoms with Crippen LogP contribution in [0.1, 0.15) is 30.0 Å². The summed E-state index contributed by atoms with van der Waals surface area (Å²) in [7, 11) is 1.60. The van der Waals surface area contributed by atoms with Gasteiger partial charge in [-0.15, -0.1) is 16.8 Å². The highest BCUT2D eigenvalue weighted by Gasteiger charge is 2.21. The topological polar surface area (TPSA) is 78.3 Å². The zero-order valence-electron chi connectivity index (χ0n) is 18.8. The first-order chi connectivity index (χ1) is 15.4. The normalized spacial score (nSPS) is 11.6. The third-order valence-corrected chi connectivity index (χ3v) is 5.60. The van der Waals surface area contributed by atoms with Gasteiger partial charge >= 0.3 is 0 Å². The van der Waals surface area contributed by atoms with Crippen molar-refractivity contribution in [1.29, 1.82) is 0 Å². The second kappa shape index (κ2) is 10.9. The molecule has 0 radical (unpaired) electrons. The van der Waals surface area contributed by atoms with Gasteiger partial charge in [0.2, 0.25) is 5.91 Å². The van der Waals surface area contributed by atoms with Gasteiger partial charge in [0, 0.05) is 12.2 Å². The molecule has 7 nitrogen and oxygen atoms in total. The second-order valence-corrected chi connectivity index (χ2v) is 8.31. The van der Waals surface area contributed by atoms with Crippen molar-refractivity contribution in [3.63, 3.8) is 0 Å². The quantitative estimate of drug-likeness (QED) is 0.346. The number of carbonyl (C=O) groups is 1. The number of anilines is 1. The maximum Gasteiger partial charge on any atom is 0.234 e. The van der Waals surface area contributed by atoms with E-state index in [1.54, 1.807) is 13.2 Å². The van der Waals surface area contributed by atoms with E-state index in [9.17, 15) is 4.79 Å². The van der Waals surface area contributed by atoms with Crippen molar-refractivity contribution in [1.82, 2.24) is 14.8 Å². The smallest absolute Gasteiger partial charge is 0.234 e. The number of aryl methyl sites for hydroxylation is 2. The Bertz CT molecular complexity index is 1080. The van der Waals surface area contributed by atoms with E-state index in [2.05, 4.69) is 28.2 Å². The Kier molecular flexibility index (Phi) is 7.94. The minimum absolute atomic E-state index is 0.104. The molecule has 168 valence electrons. The number of allylic oxidation sites excluding steroid dienone is 1. The van der Waals surface area contributed by atoms with Crippen LogP contribution in [0.3, 0.4) is 0 Å². The molecule has 0 aliphatic carbocycles. The Labute approximate surface area is 192 Å². The molecule has 2 aromatic carbocycles. The summed E-state index contributed by atoms with van der Waals surface area (Å²) in [4.78, 5) is 12.5. The lowest BCUT2D eigenvalue weighted by molar-refractivity contribution is -0.113. The van der Waals surface area contributed by atoms with Crippen LogP contribution in [-0.2, 0) is 11.3 Å². The predicted molar refractivity (Wildman–Crippen MR) is 128 cm³/mol. The summed E-state index contributed by atoms with van der Waals surface area (Å²) in [5.74, 6) is 2.02. The first-order valence-corrected chi connectivity index (χ1v) is 11.2. The molecular formula is C24H28N4O3S. The zero-order valence-corrected chi connectivity index (χ0v) is 19.6. The Morgan fingerprint density at radius 1 is 1.19 bits per heavy atom. The molecule has 1 unspecified atom stereocenters. The average molecular weight is 453 g/mol. The van der Waals surface area contributed by atoms with Gasteiger partial charge in [0.05, 0.1) is 12.9 Å². The van der Waals surface area contributed by atoms with Crippen LogP contribution in [0.15, 0.2) is 60.3 Å². The number of amides is 1. The van der Waals surface area contributed by atoms with E-state index in [1.165, 1.54) is 11.8 Å². The highest BCUT2D eigenvalue weighted by atomic mass is 32.2. The van der Waals surface area contributed by atoms with Crippen molar-refractivity contribution >= 4 is 23.4 Å². The highest BCUT2D eigenvalue weighted by Crippen LogP contribution is 2.31. The fourth-order valence-corrected chi connectivity index (χ4v) is 4.10. The van der Waals surface area contributed by atoms with E-state index < -0.39 is 0 Å². The lowest BCUT2D eigenvalue weighted by atomic mass is 10.1. The molecule has 1 heterocycles. The molecule has 0 spiro atoms. The van der Waals surface area contributed by atoms with Crippen LogP contribution in [-0.4, -0.2) is 33.5 Å². The molecule has 0 saturated carbocycles. The van der Waals surface area contributed by atoms with Crippen LogP contribution in [0, 0.1) is 13.8 Å². The van der Waals surface area contributed by atoms with Crippen LogP contribution in [0.4, 0.5) is 5.69 Å². The van der Waals surface area contributed by atoms with Crippen LogP contribution >= 0.6 is 11.8 Å². The molecule has 0 saturated heterocycles. The molecule has 1 amide bonds. The number of carbonyl (C=O) groups excluding carboxylic acids is 1. The van der Waals surface area contributed by atoms with Gasteiger partial charge < -0.3 is 14.8 Å². The van der Waals surface area contributed by atoms with Gasteiger partial charge in [0.15, 0.2) is 28.6 Å². The summed E-state index contributed by atoms with van der Waals surface area (Å²) < 4.78 is 13.3. The van der Waals surface area contributed by atoms with E-state index in [0.29, 0.717) is 29.0 Å². The van der Waals surface area contributed by atoms with Crippen LogP contribution in [0.2, 0.25) is 0 Å². The number of benzene rings is 2. The van der Waals surface area contributed by atoms with Crippen LogP contribution in [0.5, 0.6) is 11.5 Å². The van der Waals surface area contributed by atoms with Crippen molar-refractivity contribution in [3.8, 4) is 11.5 Å². The van der Waals surface area contributed by atoms with Gasteiger partial charge in [0.1, 0.15) is 0 Å². The molecule has 0 aliphatic heterocycles. The molecule has 0 fully saturated rings.